The second-order valence-corrected chi connectivity index (χ2v) is 4.31. The van der Waals surface area contributed by atoms with Gasteiger partial charge in [-0.3, -0.25) is 4.90 Å². The topological polar surface area (TPSA) is 36.3 Å². The molecule has 0 bridgehead atoms. The number of hydrogen-bond acceptors (Lipinski definition) is 3. The van der Waals surface area contributed by atoms with Gasteiger partial charge in [0, 0.05) is 18.2 Å². The highest BCUT2D eigenvalue weighted by molar-refractivity contribution is 5.42. The standard InChI is InChI=1S/C14H20N2O/c1-5-11(2)16(3)10-13-8-12(9-15)6-7-14(13)17-4/h6-8,11H,5,10H2,1-4H3. The van der Waals surface area contributed by atoms with Gasteiger partial charge in [-0.15, -0.1) is 0 Å². The Balaban J connectivity index is 2.92. The molecule has 3 heteroatoms. The van der Waals surface area contributed by atoms with Gasteiger partial charge in [0.05, 0.1) is 18.7 Å². The summed E-state index contributed by atoms with van der Waals surface area (Å²) in [5.74, 6) is 0.846. The molecular formula is C14H20N2O. The molecule has 0 N–H and O–H groups in total. The van der Waals surface area contributed by atoms with Crippen molar-refractivity contribution in [3.05, 3.63) is 29.3 Å². The molecule has 0 amide bonds. The summed E-state index contributed by atoms with van der Waals surface area (Å²) < 4.78 is 5.32. The van der Waals surface area contributed by atoms with Crippen LogP contribution in [-0.2, 0) is 6.54 Å². The van der Waals surface area contributed by atoms with Crippen LogP contribution in [-0.4, -0.2) is 25.1 Å². The molecule has 0 spiro atoms. The molecule has 1 aromatic carbocycles. The van der Waals surface area contributed by atoms with Gasteiger partial charge in [-0.1, -0.05) is 6.92 Å². The average molecular weight is 232 g/mol. The number of hydrogen-bond donors (Lipinski definition) is 0. The highest BCUT2D eigenvalue weighted by atomic mass is 16.5. The molecule has 1 atom stereocenters. The van der Waals surface area contributed by atoms with Crippen LogP contribution < -0.4 is 4.74 Å². The highest BCUT2D eigenvalue weighted by Gasteiger charge is 2.11. The van der Waals surface area contributed by atoms with Gasteiger partial charge >= 0.3 is 0 Å². The summed E-state index contributed by atoms with van der Waals surface area (Å²) in [6, 6.07) is 8.22. The summed E-state index contributed by atoms with van der Waals surface area (Å²) in [5.41, 5.74) is 1.74. The molecule has 0 saturated heterocycles. The Kier molecular flexibility index (Phi) is 4.99. The highest BCUT2D eigenvalue weighted by Crippen LogP contribution is 2.22. The molecule has 17 heavy (non-hydrogen) atoms. The summed E-state index contributed by atoms with van der Waals surface area (Å²) >= 11 is 0. The summed E-state index contributed by atoms with van der Waals surface area (Å²) in [6.07, 6.45) is 1.11. The normalized spacial score (nSPS) is 12.2. The van der Waals surface area contributed by atoms with Crippen molar-refractivity contribution < 1.29 is 4.74 Å². The fraction of sp³-hybridized carbons (Fsp3) is 0.500. The van der Waals surface area contributed by atoms with Gasteiger partial charge in [0.1, 0.15) is 5.75 Å². The molecule has 3 nitrogen and oxygen atoms in total. The van der Waals surface area contributed by atoms with Gasteiger partial charge in [-0.2, -0.15) is 5.26 Å². The third-order valence-electron chi connectivity index (χ3n) is 3.17. The van der Waals surface area contributed by atoms with E-state index >= 15 is 0 Å². The molecule has 0 aliphatic heterocycles. The number of ether oxygens (including phenoxy) is 1. The van der Waals surface area contributed by atoms with Crippen LogP contribution in [0.15, 0.2) is 18.2 Å². The summed E-state index contributed by atoms with van der Waals surface area (Å²) in [4.78, 5) is 2.26. The maximum atomic E-state index is 8.91. The fourth-order valence-corrected chi connectivity index (χ4v) is 1.71. The molecule has 0 aromatic heterocycles. The van der Waals surface area contributed by atoms with E-state index in [-0.39, 0.29) is 0 Å². The molecule has 92 valence electrons. The van der Waals surface area contributed by atoms with Crippen molar-refractivity contribution in [3.8, 4) is 11.8 Å². The van der Waals surface area contributed by atoms with Gasteiger partial charge in [0.2, 0.25) is 0 Å². The van der Waals surface area contributed by atoms with Gasteiger partial charge in [0.15, 0.2) is 0 Å². The van der Waals surface area contributed by atoms with Crippen LogP contribution in [0, 0.1) is 11.3 Å². The minimum atomic E-state index is 0.519. The maximum Gasteiger partial charge on any atom is 0.123 e. The molecule has 0 aliphatic carbocycles. The second kappa shape index (κ2) is 6.27. The first-order valence-electron chi connectivity index (χ1n) is 5.89. The van der Waals surface area contributed by atoms with Crippen molar-refractivity contribution in [1.29, 1.82) is 5.26 Å². The lowest BCUT2D eigenvalue weighted by Gasteiger charge is -2.24. The third-order valence-corrected chi connectivity index (χ3v) is 3.17. The van der Waals surface area contributed by atoms with Crippen LogP contribution in [0.1, 0.15) is 31.4 Å². The zero-order valence-electron chi connectivity index (χ0n) is 11.0. The van der Waals surface area contributed by atoms with E-state index < -0.39 is 0 Å². The van der Waals surface area contributed by atoms with Gasteiger partial charge in [0.25, 0.3) is 0 Å². The number of benzene rings is 1. The number of rotatable bonds is 5. The van der Waals surface area contributed by atoms with Crippen molar-refractivity contribution in [2.24, 2.45) is 0 Å². The minimum Gasteiger partial charge on any atom is -0.496 e. The Labute approximate surface area is 104 Å². The van der Waals surface area contributed by atoms with Crippen LogP contribution in [0.5, 0.6) is 5.75 Å². The number of nitriles is 1. The fourth-order valence-electron chi connectivity index (χ4n) is 1.71. The average Bonchev–Trinajstić information content (AvgIpc) is 2.37. The van der Waals surface area contributed by atoms with E-state index in [1.54, 1.807) is 13.2 Å². The quantitative estimate of drug-likeness (QED) is 0.783. The Morgan fingerprint density at radius 3 is 2.71 bits per heavy atom. The molecule has 1 unspecified atom stereocenters. The molecule has 0 aliphatic rings. The smallest absolute Gasteiger partial charge is 0.123 e. The van der Waals surface area contributed by atoms with Crippen molar-refractivity contribution in [1.82, 2.24) is 4.90 Å². The molecule has 1 aromatic rings. The van der Waals surface area contributed by atoms with Crippen LogP contribution in [0.25, 0.3) is 0 Å². The molecule has 0 fully saturated rings. The molecule has 0 radical (unpaired) electrons. The van der Waals surface area contributed by atoms with Crippen LogP contribution in [0.3, 0.4) is 0 Å². The SMILES string of the molecule is CCC(C)N(C)Cc1cc(C#N)ccc1OC. The predicted octanol–water partition coefficient (Wildman–Crippen LogP) is 2.80. The number of methoxy groups -OCH3 is 1. The lowest BCUT2D eigenvalue weighted by molar-refractivity contribution is 0.240. The zero-order valence-corrected chi connectivity index (χ0v) is 11.0. The first kappa shape index (κ1) is 13.5. The number of nitrogens with zero attached hydrogens (tertiary/aromatic N) is 2. The van der Waals surface area contributed by atoms with E-state index in [0.29, 0.717) is 11.6 Å². The van der Waals surface area contributed by atoms with E-state index in [2.05, 4.69) is 31.9 Å². The van der Waals surface area contributed by atoms with Crippen molar-refractivity contribution in [3.63, 3.8) is 0 Å². The first-order chi connectivity index (χ1) is 8.12. The monoisotopic (exact) mass is 232 g/mol. The Bertz CT molecular complexity index is 409. The van der Waals surface area contributed by atoms with Gasteiger partial charge < -0.3 is 4.74 Å². The lowest BCUT2D eigenvalue weighted by atomic mass is 10.1. The summed E-state index contributed by atoms with van der Waals surface area (Å²) in [5, 5.41) is 8.91. The van der Waals surface area contributed by atoms with Crippen molar-refractivity contribution in [2.45, 2.75) is 32.9 Å². The van der Waals surface area contributed by atoms with Gasteiger partial charge in [-0.05, 0) is 38.6 Å². The Morgan fingerprint density at radius 1 is 1.47 bits per heavy atom. The Hall–Kier alpha value is -1.53. The van der Waals surface area contributed by atoms with Crippen LogP contribution in [0.2, 0.25) is 0 Å². The zero-order chi connectivity index (χ0) is 12.8. The van der Waals surface area contributed by atoms with Crippen LogP contribution in [0.4, 0.5) is 0 Å². The maximum absolute atomic E-state index is 8.91. The molecule has 1 rings (SSSR count). The summed E-state index contributed by atoms with van der Waals surface area (Å²) in [7, 11) is 3.75. The molecular weight excluding hydrogens is 212 g/mol. The van der Waals surface area contributed by atoms with E-state index in [0.717, 1.165) is 24.3 Å². The van der Waals surface area contributed by atoms with E-state index in [1.807, 2.05) is 12.1 Å². The van der Waals surface area contributed by atoms with E-state index in [1.165, 1.54) is 0 Å². The molecule has 0 saturated carbocycles. The Morgan fingerprint density at radius 2 is 2.18 bits per heavy atom. The van der Waals surface area contributed by atoms with Crippen LogP contribution >= 0.6 is 0 Å². The second-order valence-electron chi connectivity index (χ2n) is 4.31. The molecule has 0 heterocycles. The van der Waals surface area contributed by atoms with E-state index in [4.69, 9.17) is 10.00 Å². The van der Waals surface area contributed by atoms with Crippen molar-refractivity contribution >= 4 is 0 Å². The predicted molar refractivity (Wildman–Crippen MR) is 68.9 cm³/mol. The third kappa shape index (κ3) is 3.47. The first-order valence-corrected chi connectivity index (χ1v) is 5.89. The minimum absolute atomic E-state index is 0.519. The van der Waals surface area contributed by atoms with Crippen molar-refractivity contribution in [2.75, 3.05) is 14.2 Å². The summed E-state index contributed by atoms with van der Waals surface area (Å²) in [6.45, 7) is 5.17. The van der Waals surface area contributed by atoms with E-state index in [9.17, 15) is 0 Å². The lowest BCUT2D eigenvalue weighted by Crippen LogP contribution is -2.28. The van der Waals surface area contributed by atoms with Gasteiger partial charge in [-0.25, -0.2) is 0 Å². The largest absolute Gasteiger partial charge is 0.496 e.